The quantitative estimate of drug-likeness (QED) is 0.554. The second kappa shape index (κ2) is 2.34. The molecule has 1 aliphatic rings. The van der Waals surface area contributed by atoms with Crippen LogP contribution >= 0.6 is 0 Å². The SMILES string of the molecule is C=C1CC=C(F)c2c1ccn2C. The van der Waals surface area contributed by atoms with Gasteiger partial charge in [-0.1, -0.05) is 6.58 Å². The van der Waals surface area contributed by atoms with Crippen LogP contribution in [0.25, 0.3) is 11.4 Å². The summed E-state index contributed by atoms with van der Waals surface area (Å²) >= 11 is 0. The monoisotopic (exact) mass is 163 g/mol. The topological polar surface area (TPSA) is 4.93 Å². The Morgan fingerprint density at radius 2 is 2.33 bits per heavy atom. The molecule has 0 radical (unpaired) electrons. The summed E-state index contributed by atoms with van der Waals surface area (Å²) < 4.78 is 15.0. The van der Waals surface area contributed by atoms with Gasteiger partial charge in [-0.2, -0.15) is 0 Å². The lowest BCUT2D eigenvalue weighted by Crippen LogP contribution is -1.98. The Kier molecular flexibility index (Phi) is 1.43. The van der Waals surface area contributed by atoms with Crippen molar-refractivity contribution >= 4 is 11.4 Å². The van der Waals surface area contributed by atoms with Gasteiger partial charge >= 0.3 is 0 Å². The molecule has 0 atom stereocenters. The van der Waals surface area contributed by atoms with Crippen molar-refractivity contribution in [1.82, 2.24) is 4.57 Å². The van der Waals surface area contributed by atoms with Gasteiger partial charge in [-0.25, -0.2) is 4.39 Å². The molecule has 0 unspecified atom stereocenters. The smallest absolute Gasteiger partial charge is 0.143 e. The molecule has 0 bridgehead atoms. The van der Waals surface area contributed by atoms with E-state index in [0.717, 1.165) is 11.1 Å². The zero-order valence-electron chi connectivity index (χ0n) is 6.97. The highest BCUT2D eigenvalue weighted by atomic mass is 19.1. The van der Waals surface area contributed by atoms with Gasteiger partial charge in [-0.15, -0.1) is 0 Å². The summed E-state index contributed by atoms with van der Waals surface area (Å²) in [4.78, 5) is 0. The molecule has 2 rings (SSSR count). The van der Waals surface area contributed by atoms with E-state index in [0.29, 0.717) is 12.1 Å². The van der Waals surface area contributed by atoms with Crippen LogP contribution in [0.3, 0.4) is 0 Å². The minimum absolute atomic E-state index is 0.134. The maximum atomic E-state index is 13.2. The van der Waals surface area contributed by atoms with Crippen LogP contribution in [-0.2, 0) is 7.05 Å². The predicted octanol–water partition coefficient (Wildman–Crippen LogP) is 2.75. The normalized spacial score (nSPS) is 15.8. The van der Waals surface area contributed by atoms with Crippen LogP contribution in [0.2, 0.25) is 0 Å². The molecule has 1 aromatic heterocycles. The molecule has 1 aromatic rings. The number of allylic oxidation sites excluding steroid dienone is 2. The second-order valence-corrected chi connectivity index (χ2v) is 3.05. The Labute approximate surface area is 70.8 Å². The van der Waals surface area contributed by atoms with E-state index in [4.69, 9.17) is 0 Å². The molecule has 0 fully saturated rings. The van der Waals surface area contributed by atoms with Crippen molar-refractivity contribution in [3.63, 3.8) is 0 Å². The van der Waals surface area contributed by atoms with Gasteiger partial charge in [0.2, 0.25) is 0 Å². The average molecular weight is 163 g/mol. The van der Waals surface area contributed by atoms with Gasteiger partial charge in [0.05, 0.1) is 5.69 Å². The fraction of sp³-hybridized carbons (Fsp3) is 0.200. The minimum Gasteiger partial charge on any atom is -0.348 e. The van der Waals surface area contributed by atoms with Crippen molar-refractivity contribution in [2.45, 2.75) is 6.42 Å². The van der Waals surface area contributed by atoms with Crippen LogP contribution in [0.5, 0.6) is 0 Å². The number of hydrogen-bond acceptors (Lipinski definition) is 0. The van der Waals surface area contributed by atoms with Crippen molar-refractivity contribution in [2.75, 3.05) is 0 Å². The second-order valence-electron chi connectivity index (χ2n) is 3.05. The first-order valence-electron chi connectivity index (χ1n) is 3.89. The van der Waals surface area contributed by atoms with E-state index < -0.39 is 0 Å². The van der Waals surface area contributed by atoms with Crippen LogP contribution in [0.15, 0.2) is 24.9 Å². The first-order valence-corrected chi connectivity index (χ1v) is 3.89. The van der Waals surface area contributed by atoms with Gasteiger partial charge in [0, 0.05) is 18.8 Å². The van der Waals surface area contributed by atoms with Crippen molar-refractivity contribution in [3.05, 3.63) is 36.2 Å². The van der Waals surface area contributed by atoms with E-state index in [2.05, 4.69) is 6.58 Å². The molecule has 12 heavy (non-hydrogen) atoms. The predicted molar refractivity (Wildman–Crippen MR) is 48.1 cm³/mol. The Morgan fingerprint density at radius 3 is 3.00 bits per heavy atom. The Hall–Kier alpha value is -1.31. The summed E-state index contributed by atoms with van der Waals surface area (Å²) in [5.41, 5.74) is 2.59. The fourth-order valence-electron chi connectivity index (χ4n) is 1.53. The molecule has 0 aliphatic heterocycles. The molecule has 0 aromatic carbocycles. The number of aryl methyl sites for hydroxylation is 1. The number of aromatic nitrogens is 1. The van der Waals surface area contributed by atoms with E-state index in [1.807, 2.05) is 19.3 Å². The Balaban J connectivity index is 2.69. The van der Waals surface area contributed by atoms with E-state index in [-0.39, 0.29) is 5.83 Å². The summed E-state index contributed by atoms with van der Waals surface area (Å²) in [6.45, 7) is 3.88. The maximum Gasteiger partial charge on any atom is 0.143 e. The highest BCUT2D eigenvalue weighted by Crippen LogP contribution is 2.33. The summed E-state index contributed by atoms with van der Waals surface area (Å²) in [6, 6.07) is 1.91. The van der Waals surface area contributed by atoms with E-state index in [9.17, 15) is 4.39 Å². The van der Waals surface area contributed by atoms with Gasteiger partial charge in [-0.3, -0.25) is 0 Å². The molecule has 1 nitrogen and oxygen atoms in total. The van der Waals surface area contributed by atoms with Crippen molar-refractivity contribution in [3.8, 4) is 0 Å². The van der Waals surface area contributed by atoms with Gasteiger partial charge in [-0.05, 0) is 24.1 Å². The number of nitrogens with zero attached hydrogens (tertiary/aromatic N) is 1. The molecular weight excluding hydrogens is 153 g/mol. The molecule has 0 amide bonds. The third kappa shape index (κ3) is 0.843. The first kappa shape index (κ1) is 7.35. The van der Waals surface area contributed by atoms with Crippen molar-refractivity contribution in [2.24, 2.45) is 7.05 Å². The molecule has 0 saturated carbocycles. The summed E-state index contributed by atoms with van der Waals surface area (Å²) in [7, 11) is 1.84. The lowest BCUT2D eigenvalue weighted by atomic mass is 9.99. The van der Waals surface area contributed by atoms with Gasteiger partial charge in [0.1, 0.15) is 5.83 Å². The van der Waals surface area contributed by atoms with E-state index in [1.165, 1.54) is 0 Å². The maximum absolute atomic E-state index is 13.2. The van der Waals surface area contributed by atoms with Crippen LogP contribution in [-0.4, -0.2) is 4.57 Å². The lowest BCUT2D eigenvalue weighted by Gasteiger charge is -2.11. The van der Waals surface area contributed by atoms with Crippen LogP contribution < -0.4 is 0 Å². The largest absolute Gasteiger partial charge is 0.348 e. The van der Waals surface area contributed by atoms with Crippen LogP contribution in [0.1, 0.15) is 17.7 Å². The molecule has 1 heterocycles. The number of rotatable bonds is 0. The van der Waals surface area contributed by atoms with Gasteiger partial charge in [0.25, 0.3) is 0 Å². The molecule has 1 aliphatic carbocycles. The highest BCUT2D eigenvalue weighted by Gasteiger charge is 2.17. The molecule has 2 heteroatoms. The zero-order chi connectivity index (χ0) is 8.72. The molecule has 0 saturated heterocycles. The third-order valence-corrected chi connectivity index (χ3v) is 2.21. The first-order chi connectivity index (χ1) is 5.70. The third-order valence-electron chi connectivity index (χ3n) is 2.21. The van der Waals surface area contributed by atoms with Crippen LogP contribution in [0, 0.1) is 0 Å². The van der Waals surface area contributed by atoms with Gasteiger partial charge < -0.3 is 4.57 Å². The summed E-state index contributed by atoms with van der Waals surface area (Å²) in [6.07, 6.45) is 4.06. The number of halogens is 1. The highest BCUT2D eigenvalue weighted by molar-refractivity contribution is 5.80. The van der Waals surface area contributed by atoms with E-state index >= 15 is 0 Å². The molecule has 62 valence electrons. The molecule has 0 spiro atoms. The number of fused-ring (bicyclic) bond motifs is 1. The van der Waals surface area contributed by atoms with Crippen LogP contribution in [0.4, 0.5) is 4.39 Å². The summed E-state index contributed by atoms with van der Waals surface area (Å²) in [5.74, 6) is -0.134. The van der Waals surface area contributed by atoms with Crippen molar-refractivity contribution < 1.29 is 4.39 Å². The zero-order valence-corrected chi connectivity index (χ0v) is 6.97. The molecule has 0 N–H and O–H groups in total. The summed E-state index contributed by atoms with van der Waals surface area (Å²) in [5, 5.41) is 0. The Morgan fingerprint density at radius 1 is 1.58 bits per heavy atom. The Bertz CT molecular complexity index is 371. The standard InChI is InChI=1S/C10H10FN/c1-7-3-4-9(11)10-8(7)5-6-12(10)2/h4-6H,1,3H2,2H3. The fourth-order valence-corrected chi connectivity index (χ4v) is 1.53. The van der Waals surface area contributed by atoms with Gasteiger partial charge in [0.15, 0.2) is 0 Å². The van der Waals surface area contributed by atoms with Crippen molar-refractivity contribution in [1.29, 1.82) is 0 Å². The van der Waals surface area contributed by atoms with E-state index in [1.54, 1.807) is 10.6 Å². The average Bonchev–Trinajstić information content (AvgIpc) is 2.42. The lowest BCUT2D eigenvalue weighted by molar-refractivity contribution is 0.727. The molecular formula is C10H10FN. The number of hydrogen-bond donors (Lipinski definition) is 0. The minimum atomic E-state index is -0.134.